The Morgan fingerprint density at radius 2 is 2.10 bits per heavy atom. The summed E-state index contributed by atoms with van der Waals surface area (Å²) in [5.74, 6) is 0.181. The zero-order valence-electron chi connectivity index (χ0n) is 11.7. The second kappa shape index (κ2) is 6.48. The quantitative estimate of drug-likeness (QED) is 0.909. The van der Waals surface area contributed by atoms with Gasteiger partial charge in [0, 0.05) is 18.3 Å². The number of hydrogen-bond donors (Lipinski definition) is 1. The Kier molecular flexibility index (Phi) is 4.69. The molecule has 2 rings (SSSR count). The molecule has 106 valence electrons. The second-order valence-electron chi connectivity index (χ2n) is 4.78. The summed E-state index contributed by atoms with van der Waals surface area (Å²) < 4.78 is 19.4. The van der Waals surface area contributed by atoms with Crippen LogP contribution < -0.4 is 10.5 Å². The highest BCUT2D eigenvalue weighted by Crippen LogP contribution is 2.25. The van der Waals surface area contributed by atoms with E-state index in [1.807, 2.05) is 25.1 Å². The molecule has 2 N–H and O–H groups in total. The molecule has 1 heterocycles. The lowest BCUT2D eigenvalue weighted by molar-refractivity contribution is 0.166. The van der Waals surface area contributed by atoms with Crippen LogP contribution in [0.25, 0.3) is 0 Å². The molecule has 1 aromatic heterocycles. The Labute approximate surface area is 118 Å². The molecule has 0 aliphatic carbocycles. The van der Waals surface area contributed by atoms with Gasteiger partial charge in [0.05, 0.1) is 5.69 Å². The smallest absolute Gasteiger partial charge is 0.155 e. The zero-order valence-corrected chi connectivity index (χ0v) is 11.7. The number of hydrogen-bond acceptors (Lipinski definition) is 3. The SMILES string of the molecule is CCC(N)C(Oc1ccc(C)c(F)c1)c1ccccn1. The van der Waals surface area contributed by atoms with Gasteiger partial charge in [-0.15, -0.1) is 0 Å². The number of pyridine rings is 1. The lowest BCUT2D eigenvalue weighted by atomic mass is 10.1. The summed E-state index contributed by atoms with van der Waals surface area (Å²) in [6.45, 7) is 3.70. The van der Waals surface area contributed by atoms with Crippen molar-refractivity contribution in [1.29, 1.82) is 0 Å². The average molecular weight is 274 g/mol. The van der Waals surface area contributed by atoms with Gasteiger partial charge in [-0.3, -0.25) is 4.98 Å². The van der Waals surface area contributed by atoms with Crippen LogP contribution in [0.5, 0.6) is 5.75 Å². The first kappa shape index (κ1) is 14.5. The van der Waals surface area contributed by atoms with E-state index in [0.717, 1.165) is 12.1 Å². The first-order chi connectivity index (χ1) is 9.61. The van der Waals surface area contributed by atoms with Crippen LogP contribution in [-0.4, -0.2) is 11.0 Å². The van der Waals surface area contributed by atoms with Crippen LogP contribution in [-0.2, 0) is 0 Å². The molecule has 0 amide bonds. The van der Waals surface area contributed by atoms with Crippen molar-refractivity contribution in [2.24, 2.45) is 5.73 Å². The Balaban J connectivity index is 2.26. The summed E-state index contributed by atoms with van der Waals surface area (Å²) in [4.78, 5) is 4.29. The van der Waals surface area contributed by atoms with Gasteiger partial charge >= 0.3 is 0 Å². The maximum atomic E-state index is 13.6. The molecule has 1 aromatic carbocycles. The summed E-state index contributed by atoms with van der Waals surface area (Å²) in [5, 5.41) is 0. The fourth-order valence-corrected chi connectivity index (χ4v) is 1.92. The molecule has 2 unspecified atom stereocenters. The highest BCUT2D eigenvalue weighted by atomic mass is 19.1. The number of aryl methyl sites for hydroxylation is 1. The molecule has 2 atom stereocenters. The van der Waals surface area contributed by atoms with Gasteiger partial charge in [-0.1, -0.05) is 19.1 Å². The molecule has 2 aromatic rings. The van der Waals surface area contributed by atoms with Crippen molar-refractivity contribution in [1.82, 2.24) is 4.98 Å². The van der Waals surface area contributed by atoms with Gasteiger partial charge in [0.2, 0.25) is 0 Å². The standard InChI is InChI=1S/C16H19FN2O/c1-3-14(18)16(15-6-4-5-9-19-15)20-12-8-7-11(2)13(17)10-12/h4-10,14,16H,3,18H2,1-2H3. The third-order valence-corrected chi connectivity index (χ3v) is 3.25. The van der Waals surface area contributed by atoms with Crippen LogP contribution in [0.4, 0.5) is 4.39 Å². The summed E-state index contributed by atoms with van der Waals surface area (Å²) in [6, 6.07) is 10.2. The van der Waals surface area contributed by atoms with Crippen LogP contribution in [0.1, 0.15) is 30.7 Å². The number of halogens is 1. The number of ether oxygens (including phenoxy) is 1. The van der Waals surface area contributed by atoms with E-state index in [9.17, 15) is 4.39 Å². The van der Waals surface area contributed by atoms with Gasteiger partial charge in [-0.25, -0.2) is 4.39 Å². The summed E-state index contributed by atoms with van der Waals surface area (Å²) in [5.41, 5.74) is 7.45. The number of nitrogens with zero attached hydrogens (tertiary/aromatic N) is 1. The third kappa shape index (κ3) is 3.33. The predicted octanol–water partition coefficient (Wildman–Crippen LogP) is 3.39. The minimum Gasteiger partial charge on any atom is -0.482 e. The number of aromatic nitrogens is 1. The van der Waals surface area contributed by atoms with E-state index >= 15 is 0 Å². The van der Waals surface area contributed by atoms with Gasteiger partial charge in [0.15, 0.2) is 6.10 Å². The normalized spacial score (nSPS) is 13.8. The van der Waals surface area contributed by atoms with Crippen LogP contribution in [0.2, 0.25) is 0 Å². The number of rotatable bonds is 5. The van der Waals surface area contributed by atoms with Crippen molar-refractivity contribution in [3.05, 3.63) is 59.7 Å². The van der Waals surface area contributed by atoms with Gasteiger partial charge in [-0.05, 0) is 37.1 Å². The molecular weight excluding hydrogens is 255 g/mol. The lowest BCUT2D eigenvalue weighted by Crippen LogP contribution is -2.32. The molecule has 20 heavy (non-hydrogen) atoms. The average Bonchev–Trinajstić information content (AvgIpc) is 2.48. The van der Waals surface area contributed by atoms with Gasteiger partial charge in [0.25, 0.3) is 0 Å². The number of benzene rings is 1. The largest absolute Gasteiger partial charge is 0.482 e. The second-order valence-corrected chi connectivity index (χ2v) is 4.78. The summed E-state index contributed by atoms with van der Waals surface area (Å²) >= 11 is 0. The minimum absolute atomic E-state index is 0.200. The zero-order chi connectivity index (χ0) is 14.5. The van der Waals surface area contributed by atoms with Crippen LogP contribution in [0.3, 0.4) is 0 Å². The van der Waals surface area contributed by atoms with Crippen molar-refractivity contribution in [2.45, 2.75) is 32.4 Å². The molecule has 3 nitrogen and oxygen atoms in total. The first-order valence-corrected chi connectivity index (χ1v) is 6.71. The Hall–Kier alpha value is -1.94. The van der Waals surface area contributed by atoms with Crippen molar-refractivity contribution >= 4 is 0 Å². The van der Waals surface area contributed by atoms with Gasteiger partial charge in [-0.2, -0.15) is 0 Å². The summed E-state index contributed by atoms with van der Waals surface area (Å²) in [7, 11) is 0. The molecule has 0 aliphatic heterocycles. The van der Waals surface area contributed by atoms with Crippen molar-refractivity contribution in [2.75, 3.05) is 0 Å². The molecule has 0 radical (unpaired) electrons. The number of nitrogens with two attached hydrogens (primary N) is 1. The molecule has 0 saturated heterocycles. The molecular formula is C16H19FN2O. The summed E-state index contributed by atoms with van der Waals surface area (Å²) in [6.07, 6.45) is 2.06. The third-order valence-electron chi connectivity index (χ3n) is 3.25. The van der Waals surface area contributed by atoms with E-state index in [2.05, 4.69) is 4.98 Å². The fraction of sp³-hybridized carbons (Fsp3) is 0.312. The van der Waals surface area contributed by atoms with E-state index in [0.29, 0.717) is 11.3 Å². The van der Waals surface area contributed by atoms with E-state index < -0.39 is 0 Å². The topological polar surface area (TPSA) is 48.1 Å². The van der Waals surface area contributed by atoms with Crippen LogP contribution >= 0.6 is 0 Å². The van der Waals surface area contributed by atoms with Crippen molar-refractivity contribution in [3.63, 3.8) is 0 Å². The Bertz CT molecular complexity index is 560. The maximum absolute atomic E-state index is 13.6. The van der Waals surface area contributed by atoms with E-state index in [1.165, 1.54) is 6.07 Å². The van der Waals surface area contributed by atoms with E-state index in [-0.39, 0.29) is 18.0 Å². The minimum atomic E-state index is -0.386. The van der Waals surface area contributed by atoms with Crippen molar-refractivity contribution in [3.8, 4) is 5.75 Å². The first-order valence-electron chi connectivity index (χ1n) is 6.71. The molecule has 0 spiro atoms. The lowest BCUT2D eigenvalue weighted by Gasteiger charge is -2.24. The van der Waals surface area contributed by atoms with Crippen molar-refractivity contribution < 1.29 is 9.13 Å². The van der Waals surface area contributed by atoms with Gasteiger partial charge in [0.1, 0.15) is 11.6 Å². The predicted molar refractivity (Wildman–Crippen MR) is 77.0 cm³/mol. The molecule has 0 fully saturated rings. The van der Waals surface area contributed by atoms with Gasteiger partial charge < -0.3 is 10.5 Å². The fourth-order valence-electron chi connectivity index (χ4n) is 1.92. The Morgan fingerprint density at radius 1 is 1.30 bits per heavy atom. The molecule has 0 bridgehead atoms. The molecule has 4 heteroatoms. The highest BCUT2D eigenvalue weighted by Gasteiger charge is 2.22. The van der Waals surface area contributed by atoms with Crippen LogP contribution in [0, 0.1) is 12.7 Å². The van der Waals surface area contributed by atoms with E-state index in [4.69, 9.17) is 10.5 Å². The maximum Gasteiger partial charge on any atom is 0.155 e. The Morgan fingerprint density at radius 3 is 2.70 bits per heavy atom. The monoisotopic (exact) mass is 274 g/mol. The molecule has 0 aliphatic rings. The highest BCUT2D eigenvalue weighted by molar-refractivity contribution is 5.29. The van der Waals surface area contributed by atoms with Crippen LogP contribution in [0.15, 0.2) is 42.6 Å². The molecule has 0 saturated carbocycles. The van der Waals surface area contributed by atoms with E-state index in [1.54, 1.807) is 25.3 Å².